The third-order valence-corrected chi connectivity index (χ3v) is 4.82. The average molecular weight is 403 g/mol. The molecule has 0 radical (unpaired) electrons. The zero-order valence-corrected chi connectivity index (χ0v) is 15.1. The van der Waals surface area contributed by atoms with E-state index >= 15 is 0 Å². The van der Waals surface area contributed by atoms with E-state index in [0.717, 1.165) is 22.8 Å². The van der Waals surface area contributed by atoms with Crippen LogP contribution in [0.25, 0.3) is 16.9 Å². The Morgan fingerprint density at radius 3 is 2.12 bits per heavy atom. The van der Waals surface area contributed by atoms with E-state index in [4.69, 9.17) is 23.2 Å². The van der Waals surface area contributed by atoms with Gasteiger partial charge in [-0.3, -0.25) is 0 Å². The van der Waals surface area contributed by atoms with Gasteiger partial charge in [-0.25, -0.2) is 4.68 Å². The maximum Gasteiger partial charge on any atom is 0.416 e. The third kappa shape index (κ3) is 3.66. The predicted octanol–water partition coefficient (Wildman–Crippen LogP) is 6.59. The lowest BCUT2D eigenvalue weighted by Gasteiger charge is -2.11. The summed E-state index contributed by atoms with van der Waals surface area (Å²) in [5.41, 5.74) is 0.634. The van der Waals surface area contributed by atoms with E-state index in [1.54, 1.807) is 10.7 Å². The van der Waals surface area contributed by atoms with Gasteiger partial charge in [0.15, 0.2) is 0 Å². The molecule has 3 rings (SSSR count). The highest BCUT2D eigenvalue weighted by Crippen LogP contribution is 2.41. The lowest BCUT2D eigenvalue weighted by molar-refractivity contribution is -0.137. The number of alkyl halides is 3. The second-order valence-electron chi connectivity index (χ2n) is 5.13. The van der Waals surface area contributed by atoms with Gasteiger partial charge in [0, 0.05) is 5.56 Å². The molecule has 0 amide bonds. The Kier molecular flexibility index (Phi) is 5.04. The zero-order valence-electron chi connectivity index (χ0n) is 12.8. The fourth-order valence-electron chi connectivity index (χ4n) is 2.37. The van der Waals surface area contributed by atoms with Gasteiger partial charge in [0.05, 0.1) is 27.0 Å². The molecule has 2 nitrogen and oxygen atoms in total. The highest BCUT2D eigenvalue weighted by molar-refractivity contribution is 7.98. The standard InChI is InChI=1S/C17H11Cl2F3N2S/c1-25-15-9-14(23-24(15)11-5-3-2-4-6-11)16-12(18)7-10(8-13(16)19)17(20,21)22/h2-9H,1H3. The Labute approximate surface area is 156 Å². The Bertz CT molecular complexity index is 885. The van der Waals surface area contributed by atoms with Gasteiger partial charge in [0.25, 0.3) is 0 Å². The molecule has 130 valence electrons. The van der Waals surface area contributed by atoms with Crippen molar-refractivity contribution in [3.63, 3.8) is 0 Å². The van der Waals surface area contributed by atoms with Crippen molar-refractivity contribution in [1.82, 2.24) is 9.78 Å². The number of thioether (sulfide) groups is 1. The molecule has 0 N–H and O–H groups in total. The van der Waals surface area contributed by atoms with Crippen LogP contribution in [0.15, 0.2) is 53.6 Å². The summed E-state index contributed by atoms with van der Waals surface area (Å²) < 4.78 is 40.4. The minimum atomic E-state index is -4.51. The molecule has 0 aliphatic carbocycles. The van der Waals surface area contributed by atoms with E-state index in [2.05, 4.69) is 5.10 Å². The van der Waals surface area contributed by atoms with Gasteiger partial charge in [-0.2, -0.15) is 18.3 Å². The number of hydrogen-bond acceptors (Lipinski definition) is 2. The van der Waals surface area contributed by atoms with E-state index in [9.17, 15) is 13.2 Å². The van der Waals surface area contributed by atoms with E-state index in [0.29, 0.717) is 5.69 Å². The summed E-state index contributed by atoms with van der Waals surface area (Å²) in [6, 6.07) is 12.9. The van der Waals surface area contributed by atoms with Gasteiger partial charge in [-0.05, 0) is 36.6 Å². The summed E-state index contributed by atoms with van der Waals surface area (Å²) in [6.07, 6.45) is -2.63. The minimum Gasteiger partial charge on any atom is -0.227 e. The second kappa shape index (κ2) is 6.94. The Hall–Kier alpha value is -1.63. The zero-order chi connectivity index (χ0) is 18.2. The van der Waals surface area contributed by atoms with E-state index in [-0.39, 0.29) is 15.6 Å². The van der Waals surface area contributed by atoms with E-state index < -0.39 is 11.7 Å². The van der Waals surface area contributed by atoms with Crippen molar-refractivity contribution in [1.29, 1.82) is 0 Å². The van der Waals surface area contributed by atoms with Gasteiger partial charge >= 0.3 is 6.18 Å². The van der Waals surface area contributed by atoms with Crippen LogP contribution < -0.4 is 0 Å². The lowest BCUT2D eigenvalue weighted by Crippen LogP contribution is -2.05. The van der Waals surface area contributed by atoms with Gasteiger partial charge in [0.1, 0.15) is 5.03 Å². The highest BCUT2D eigenvalue weighted by atomic mass is 35.5. The van der Waals surface area contributed by atoms with Crippen molar-refractivity contribution in [2.45, 2.75) is 11.2 Å². The summed E-state index contributed by atoms with van der Waals surface area (Å²) >= 11 is 13.6. The maximum atomic E-state index is 12.9. The Morgan fingerprint density at radius 1 is 1.00 bits per heavy atom. The SMILES string of the molecule is CSc1cc(-c2c(Cl)cc(C(F)(F)F)cc2Cl)nn1-c1ccccc1. The quantitative estimate of drug-likeness (QED) is 0.460. The molecule has 1 aromatic heterocycles. The molecular weight excluding hydrogens is 392 g/mol. The number of nitrogens with zero attached hydrogens (tertiary/aromatic N) is 2. The molecule has 2 aromatic carbocycles. The molecule has 0 unspecified atom stereocenters. The molecule has 0 bridgehead atoms. The van der Waals surface area contributed by atoms with Crippen molar-refractivity contribution in [3.8, 4) is 16.9 Å². The second-order valence-corrected chi connectivity index (χ2v) is 6.77. The van der Waals surface area contributed by atoms with Crippen molar-refractivity contribution in [3.05, 3.63) is 64.1 Å². The van der Waals surface area contributed by atoms with Crippen LogP contribution in [0, 0.1) is 0 Å². The van der Waals surface area contributed by atoms with E-state index in [1.165, 1.54) is 11.8 Å². The molecule has 0 aliphatic heterocycles. The Balaban J connectivity index is 2.14. The molecule has 0 aliphatic rings. The highest BCUT2D eigenvalue weighted by Gasteiger charge is 2.32. The monoisotopic (exact) mass is 402 g/mol. The summed E-state index contributed by atoms with van der Waals surface area (Å²) in [4.78, 5) is 0. The van der Waals surface area contributed by atoms with Crippen LogP contribution in [-0.2, 0) is 6.18 Å². The smallest absolute Gasteiger partial charge is 0.227 e. The van der Waals surface area contributed by atoms with Gasteiger partial charge < -0.3 is 0 Å². The van der Waals surface area contributed by atoms with Crippen molar-refractivity contribution in [2.24, 2.45) is 0 Å². The first-order valence-corrected chi connectivity index (χ1v) is 9.05. The van der Waals surface area contributed by atoms with Crippen LogP contribution in [0.3, 0.4) is 0 Å². The van der Waals surface area contributed by atoms with Gasteiger partial charge in [-0.15, -0.1) is 11.8 Å². The number of para-hydroxylation sites is 1. The van der Waals surface area contributed by atoms with Crippen LogP contribution in [0.4, 0.5) is 13.2 Å². The predicted molar refractivity (Wildman–Crippen MR) is 95.8 cm³/mol. The third-order valence-electron chi connectivity index (χ3n) is 3.51. The Morgan fingerprint density at radius 2 is 1.60 bits per heavy atom. The molecule has 0 saturated heterocycles. The lowest BCUT2D eigenvalue weighted by atomic mass is 10.1. The molecule has 0 saturated carbocycles. The van der Waals surface area contributed by atoms with Crippen molar-refractivity contribution >= 4 is 35.0 Å². The summed E-state index contributed by atoms with van der Waals surface area (Å²) in [5.74, 6) is 0. The van der Waals surface area contributed by atoms with Crippen LogP contribution in [-0.4, -0.2) is 16.0 Å². The first-order valence-electron chi connectivity index (χ1n) is 7.07. The van der Waals surface area contributed by atoms with E-state index in [1.807, 2.05) is 36.6 Å². The van der Waals surface area contributed by atoms with Crippen LogP contribution >= 0.6 is 35.0 Å². The van der Waals surface area contributed by atoms with Crippen LogP contribution in [0.1, 0.15) is 5.56 Å². The maximum absolute atomic E-state index is 12.9. The number of halogens is 5. The largest absolute Gasteiger partial charge is 0.416 e. The van der Waals surface area contributed by atoms with Gasteiger partial charge in [0.2, 0.25) is 0 Å². The fraction of sp³-hybridized carbons (Fsp3) is 0.118. The van der Waals surface area contributed by atoms with Crippen molar-refractivity contribution in [2.75, 3.05) is 6.26 Å². The normalized spacial score (nSPS) is 11.8. The number of rotatable bonds is 3. The molecule has 0 atom stereocenters. The van der Waals surface area contributed by atoms with Gasteiger partial charge in [-0.1, -0.05) is 41.4 Å². The average Bonchev–Trinajstić information content (AvgIpc) is 2.98. The van der Waals surface area contributed by atoms with Crippen molar-refractivity contribution < 1.29 is 13.2 Å². The molecule has 3 aromatic rings. The summed E-state index contributed by atoms with van der Waals surface area (Å²) in [7, 11) is 0. The number of aromatic nitrogens is 2. The fourth-order valence-corrected chi connectivity index (χ4v) is 3.60. The molecule has 0 fully saturated rings. The first-order chi connectivity index (χ1) is 11.8. The first kappa shape index (κ1) is 18.2. The molecule has 8 heteroatoms. The molecule has 25 heavy (non-hydrogen) atoms. The number of hydrogen-bond donors (Lipinski definition) is 0. The number of benzene rings is 2. The van der Waals surface area contributed by atoms with Crippen LogP contribution in [0.2, 0.25) is 10.0 Å². The summed E-state index contributed by atoms with van der Waals surface area (Å²) in [6.45, 7) is 0. The summed E-state index contributed by atoms with van der Waals surface area (Å²) in [5, 5.41) is 5.11. The molecule has 0 spiro atoms. The minimum absolute atomic E-state index is 0.0924. The molecule has 1 heterocycles. The van der Waals surface area contributed by atoms with Crippen LogP contribution in [0.5, 0.6) is 0 Å². The topological polar surface area (TPSA) is 17.8 Å². The molecular formula is C17H11Cl2F3N2S.